The van der Waals surface area contributed by atoms with Crippen molar-refractivity contribution >= 4 is 46.5 Å². The van der Waals surface area contributed by atoms with E-state index in [4.69, 9.17) is 32.9 Å². The van der Waals surface area contributed by atoms with Crippen LogP contribution in [-0.2, 0) is 22.7 Å². The van der Waals surface area contributed by atoms with Crippen LogP contribution in [0, 0.1) is 11.2 Å². The Morgan fingerprint density at radius 3 is 2.49 bits per heavy atom. The first-order valence-electron chi connectivity index (χ1n) is 18.6. The Bertz CT molecular complexity index is 2070. The SMILES string of the molecule is COc1nc(-c2ccnc(-c3cccc(Nc4nccc(CNC5CCN(C(C)=O)CC5)c4F)c3Cl)c2Cl)ccc1CN1CC[C@]2(CCN(C(=O)CO)C2)C1. The van der Waals surface area contributed by atoms with Crippen molar-refractivity contribution in [3.63, 3.8) is 0 Å². The van der Waals surface area contributed by atoms with Crippen LogP contribution < -0.4 is 15.4 Å². The molecule has 3 aliphatic rings. The third kappa shape index (κ3) is 8.41. The second-order valence-corrected chi connectivity index (χ2v) is 15.4. The van der Waals surface area contributed by atoms with Gasteiger partial charge in [0.1, 0.15) is 6.61 Å². The molecule has 15 heteroatoms. The molecule has 0 radical (unpaired) electrons. The van der Waals surface area contributed by atoms with Gasteiger partial charge in [0.05, 0.1) is 34.2 Å². The molecule has 2 amide bonds. The lowest BCUT2D eigenvalue weighted by molar-refractivity contribution is -0.133. The Morgan fingerprint density at radius 2 is 1.73 bits per heavy atom. The molecule has 290 valence electrons. The lowest BCUT2D eigenvalue weighted by Gasteiger charge is -2.31. The molecular formula is C40H45Cl2FN8O4. The van der Waals surface area contributed by atoms with Crippen molar-refractivity contribution in [1.82, 2.24) is 35.0 Å². The Labute approximate surface area is 330 Å². The van der Waals surface area contributed by atoms with E-state index < -0.39 is 12.4 Å². The third-order valence-electron chi connectivity index (χ3n) is 11.1. The monoisotopic (exact) mass is 790 g/mol. The molecule has 1 spiro atoms. The van der Waals surface area contributed by atoms with Gasteiger partial charge in [-0.05, 0) is 56.5 Å². The van der Waals surface area contributed by atoms with Gasteiger partial charge in [-0.3, -0.25) is 19.5 Å². The predicted octanol–water partition coefficient (Wildman–Crippen LogP) is 5.92. The number of likely N-dealkylation sites (tertiary alicyclic amines) is 3. The highest BCUT2D eigenvalue weighted by molar-refractivity contribution is 6.39. The van der Waals surface area contributed by atoms with E-state index in [1.807, 2.05) is 17.0 Å². The van der Waals surface area contributed by atoms with E-state index in [0.717, 1.165) is 44.3 Å². The summed E-state index contributed by atoms with van der Waals surface area (Å²) in [5.74, 6) is -0.0822. The van der Waals surface area contributed by atoms with Crippen molar-refractivity contribution < 1.29 is 23.8 Å². The lowest BCUT2D eigenvalue weighted by atomic mass is 9.86. The molecule has 0 saturated carbocycles. The highest BCUT2D eigenvalue weighted by Crippen LogP contribution is 2.42. The number of hydrogen-bond donors (Lipinski definition) is 3. The molecule has 7 rings (SSSR count). The van der Waals surface area contributed by atoms with Crippen molar-refractivity contribution in [2.24, 2.45) is 5.41 Å². The van der Waals surface area contributed by atoms with Gasteiger partial charge in [0.15, 0.2) is 11.6 Å². The Balaban J connectivity index is 1.05. The van der Waals surface area contributed by atoms with E-state index in [9.17, 15) is 14.7 Å². The Hall–Kier alpha value is -4.40. The van der Waals surface area contributed by atoms with Gasteiger partial charge in [-0.25, -0.2) is 14.4 Å². The number of halogens is 3. The Kier molecular flexibility index (Phi) is 11.8. The highest BCUT2D eigenvalue weighted by Gasteiger charge is 2.44. The fourth-order valence-electron chi connectivity index (χ4n) is 8.03. The number of aliphatic hydroxyl groups excluding tert-OH is 1. The van der Waals surface area contributed by atoms with E-state index in [0.29, 0.717) is 89.0 Å². The van der Waals surface area contributed by atoms with Gasteiger partial charge in [-0.2, -0.15) is 0 Å². The highest BCUT2D eigenvalue weighted by atomic mass is 35.5. The normalized spacial score (nSPS) is 19.0. The molecule has 6 heterocycles. The first-order valence-corrected chi connectivity index (χ1v) is 19.3. The maximum Gasteiger partial charge on any atom is 0.248 e. The second-order valence-electron chi connectivity index (χ2n) is 14.7. The fourth-order valence-corrected chi connectivity index (χ4v) is 8.60. The maximum absolute atomic E-state index is 15.7. The van der Waals surface area contributed by atoms with Crippen LogP contribution in [0.2, 0.25) is 10.0 Å². The van der Waals surface area contributed by atoms with E-state index in [-0.39, 0.29) is 29.1 Å². The molecule has 1 atom stereocenters. The molecule has 3 saturated heterocycles. The van der Waals surface area contributed by atoms with Crippen molar-refractivity contribution in [2.75, 3.05) is 58.3 Å². The minimum absolute atomic E-state index is 0.0417. The summed E-state index contributed by atoms with van der Waals surface area (Å²) in [6.07, 6.45) is 6.74. The van der Waals surface area contributed by atoms with Gasteiger partial charge >= 0.3 is 0 Å². The van der Waals surface area contributed by atoms with Gasteiger partial charge in [0.2, 0.25) is 17.7 Å². The number of carbonyl (C=O) groups excluding carboxylic acids is 2. The molecule has 3 N–H and O–H groups in total. The van der Waals surface area contributed by atoms with Crippen LogP contribution >= 0.6 is 23.2 Å². The molecule has 0 aliphatic carbocycles. The summed E-state index contributed by atoms with van der Waals surface area (Å²) in [6.45, 7) is 6.58. The quantitative estimate of drug-likeness (QED) is 0.168. The van der Waals surface area contributed by atoms with Crippen LogP contribution in [0.15, 0.2) is 54.9 Å². The number of aromatic nitrogens is 3. The molecule has 3 aliphatic heterocycles. The number of methoxy groups -OCH3 is 1. The average molecular weight is 792 g/mol. The predicted molar refractivity (Wildman–Crippen MR) is 210 cm³/mol. The van der Waals surface area contributed by atoms with E-state index in [1.165, 1.54) is 0 Å². The molecule has 0 unspecified atom stereocenters. The molecule has 1 aromatic carbocycles. The number of carbonyl (C=O) groups is 2. The second kappa shape index (κ2) is 16.8. The zero-order valence-corrected chi connectivity index (χ0v) is 32.5. The number of nitrogens with zero attached hydrogens (tertiary/aromatic N) is 6. The van der Waals surface area contributed by atoms with Gasteiger partial charge in [0, 0.05) is 98.8 Å². The summed E-state index contributed by atoms with van der Waals surface area (Å²) in [5, 5.41) is 16.4. The molecular weight excluding hydrogens is 746 g/mol. The van der Waals surface area contributed by atoms with Crippen LogP contribution in [0.4, 0.5) is 15.9 Å². The first-order chi connectivity index (χ1) is 26.6. The van der Waals surface area contributed by atoms with E-state index in [2.05, 4.69) is 25.5 Å². The number of rotatable bonds is 11. The summed E-state index contributed by atoms with van der Waals surface area (Å²) in [7, 11) is 1.60. The standard InChI is InChI=1S/C40H45Cl2FN8O4/c1-25(53)50-16-10-28(11-17-50)46-20-26-8-14-45-38(36(26)43)47-32-5-3-4-30(34(32)41)37-35(42)29(9-15-44-37)31-7-6-27(39(48-31)55-2)21-49-18-12-40(23-49)13-19-51(24-40)33(54)22-52/h3-9,14-15,28,46,52H,10-13,16-24H2,1-2H3,(H,45,47)/t40-/m0/s1. The number of piperidine rings is 1. The van der Waals surface area contributed by atoms with Crippen molar-refractivity contribution in [3.8, 4) is 28.4 Å². The van der Waals surface area contributed by atoms with Gasteiger partial charge in [-0.1, -0.05) is 41.4 Å². The van der Waals surface area contributed by atoms with Crippen LogP contribution in [0.1, 0.15) is 43.7 Å². The number of benzene rings is 1. The zero-order chi connectivity index (χ0) is 38.7. The van der Waals surface area contributed by atoms with Crippen molar-refractivity contribution in [2.45, 2.75) is 51.7 Å². The number of ether oxygens (including phenoxy) is 1. The van der Waals surface area contributed by atoms with Crippen molar-refractivity contribution in [1.29, 1.82) is 0 Å². The van der Waals surface area contributed by atoms with Crippen LogP contribution in [0.5, 0.6) is 5.88 Å². The Morgan fingerprint density at radius 1 is 0.945 bits per heavy atom. The molecule has 12 nitrogen and oxygen atoms in total. The van der Waals surface area contributed by atoms with Crippen LogP contribution in [0.3, 0.4) is 0 Å². The first kappa shape index (κ1) is 38.9. The van der Waals surface area contributed by atoms with E-state index in [1.54, 1.807) is 61.7 Å². The molecule has 55 heavy (non-hydrogen) atoms. The minimum atomic E-state index is -0.483. The van der Waals surface area contributed by atoms with Gasteiger partial charge in [-0.15, -0.1) is 0 Å². The summed E-state index contributed by atoms with van der Waals surface area (Å²) in [5.41, 5.74) is 4.12. The minimum Gasteiger partial charge on any atom is -0.481 e. The number of pyridine rings is 3. The summed E-state index contributed by atoms with van der Waals surface area (Å²) in [4.78, 5) is 43.4. The van der Waals surface area contributed by atoms with Crippen molar-refractivity contribution in [3.05, 3.63) is 81.8 Å². The number of anilines is 2. The summed E-state index contributed by atoms with van der Waals surface area (Å²) < 4.78 is 21.5. The van der Waals surface area contributed by atoms with Gasteiger partial charge in [0.25, 0.3) is 0 Å². The number of nitrogens with one attached hydrogen (secondary N) is 2. The largest absolute Gasteiger partial charge is 0.481 e. The summed E-state index contributed by atoms with van der Waals surface area (Å²) in [6, 6.07) is 12.9. The molecule has 0 bridgehead atoms. The van der Waals surface area contributed by atoms with Crippen LogP contribution in [-0.4, -0.2) is 106 Å². The molecule has 3 fully saturated rings. The molecule has 4 aromatic rings. The fraction of sp³-hybridized carbons (Fsp3) is 0.425. The maximum atomic E-state index is 15.7. The third-order valence-corrected chi connectivity index (χ3v) is 11.9. The average Bonchev–Trinajstić information content (AvgIpc) is 3.81. The number of amides is 2. The zero-order valence-electron chi connectivity index (χ0n) is 31.0. The summed E-state index contributed by atoms with van der Waals surface area (Å²) >= 11 is 14.0. The van der Waals surface area contributed by atoms with Gasteiger partial charge < -0.3 is 30.3 Å². The van der Waals surface area contributed by atoms with E-state index >= 15 is 4.39 Å². The number of aliphatic hydroxyl groups is 1. The van der Waals surface area contributed by atoms with Crippen LogP contribution in [0.25, 0.3) is 22.5 Å². The molecule has 3 aromatic heterocycles. The topological polar surface area (TPSA) is 136 Å². The smallest absolute Gasteiger partial charge is 0.248 e. The number of hydrogen-bond acceptors (Lipinski definition) is 10. The lowest BCUT2D eigenvalue weighted by Crippen LogP contribution is -2.44.